The predicted octanol–water partition coefficient (Wildman–Crippen LogP) is 4.14. The zero-order chi connectivity index (χ0) is 10.8. The Kier molecular flexibility index (Phi) is 3.32. The van der Waals surface area contributed by atoms with Crippen LogP contribution in [0, 0.1) is 0 Å². The Labute approximate surface area is 102 Å². The molecule has 2 aromatic rings. The van der Waals surface area contributed by atoms with Crippen molar-refractivity contribution >= 4 is 34.5 Å². The predicted molar refractivity (Wildman–Crippen MR) is 64.8 cm³/mol. The Balaban J connectivity index is 2.32. The second-order valence-corrected chi connectivity index (χ2v) is 4.94. The van der Waals surface area contributed by atoms with E-state index < -0.39 is 6.10 Å². The van der Waals surface area contributed by atoms with Gasteiger partial charge in [0.15, 0.2) is 0 Å². The minimum atomic E-state index is -0.652. The molecule has 0 amide bonds. The SMILES string of the molecule is OC(c1cccc(Cl)c1)c1cc(Cl)cs1. The quantitative estimate of drug-likeness (QED) is 0.859. The molecule has 1 atom stereocenters. The molecular formula is C11H8Cl2OS. The van der Waals surface area contributed by atoms with Gasteiger partial charge in [0.25, 0.3) is 0 Å². The summed E-state index contributed by atoms with van der Waals surface area (Å²) in [5, 5.41) is 13.1. The monoisotopic (exact) mass is 258 g/mol. The van der Waals surface area contributed by atoms with E-state index >= 15 is 0 Å². The molecule has 0 spiro atoms. The summed E-state index contributed by atoms with van der Waals surface area (Å²) in [6.45, 7) is 0. The summed E-state index contributed by atoms with van der Waals surface area (Å²) >= 11 is 13.1. The van der Waals surface area contributed by atoms with Crippen LogP contribution in [0.15, 0.2) is 35.7 Å². The highest BCUT2D eigenvalue weighted by molar-refractivity contribution is 7.10. The van der Waals surface area contributed by atoms with Crippen molar-refractivity contribution in [2.75, 3.05) is 0 Å². The lowest BCUT2D eigenvalue weighted by Crippen LogP contribution is -1.96. The molecule has 15 heavy (non-hydrogen) atoms. The van der Waals surface area contributed by atoms with Gasteiger partial charge in [-0.2, -0.15) is 0 Å². The summed E-state index contributed by atoms with van der Waals surface area (Å²) in [4.78, 5) is 0.822. The summed E-state index contributed by atoms with van der Waals surface area (Å²) in [7, 11) is 0. The first-order valence-corrected chi connectivity index (χ1v) is 5.98. The van der Waals surface area contributed by atoms with Crippen molar-refractivity contribution in [3.63, 3.8) is 0 Å². The molecule has 2 rings (SSSR count). The van der Waals surface area contributed by atoms with E-state index in [9.17, 15) is 5.11 Å². The normalized spacial score (nSPS) is 12.7. The summed E-state index contributed by atoms with van der Waals surface area (Å²) in [6.07, 6.45) is -0.652. The van der Waals surface area contributed by atoms with Gasteiger partial charge in [-0.3, -0.25) is 0 Å². The lowest BCUT2D eigenvalue weighted by molar-refractivity contribution is 0.224. The van der Waals surface area contributed by atoms with Crippen LogP contribution >= 0.6 is 34.5 Å². The molecular weight excluding hydrogens is 251 g/mol. The van der Waals surface area contributed by atoms with Crippen molar-refractivity contribution in [3.8, 4) is 0 Å². The van der Waals surface area contributed by atoms with Gasteiger partial charge in [-0.25, -0.2) is 0 Å². The Morgan fingerprint density at radius 3 is 2.53 bits per heavy atom. The first-order chi connectivity index (χ1) is 7.16. The molecule has 1 aromatic carbocycles. The maximum absolute atomic E-state index is 10.0. The second-order valence-electron chi connectivity index (χ2n) is 3.12. The van der Waals surface area contributed by atoms with E-state index in [1.165, 1.54) is 11.3 Å². The Morgan fingerprint density at radius 1 is 1.13 bits per heavy atom. The van der Waals surface area contributed by atoms with E-state index in [2.05, 4.69) is 0 Å². The lowest BCUT2D eigenvalue weighted by atomic mass is 10.1. The van der Waals surface area contributed by atoms with Crippen LogP contribution in [0.2, 0.25) is 10.0 Å². The molecule has 0 bridgehead atoms. The molecule has 1 heterocycles. The van der Waals surface area contributed by atoms with Crippen LogP contribution in [0.4, 0.5) is 0 Å². The third-order valence-corrected chi connectivity index (χ3v) is 3.59. The molecule has 0 fully saturated rings. The third-order valence-electron chi connectivity index (χ3n) is 2.02. The van der Waals surface area contributed by atoms with E-state index in [4.69, 9.17) is 23.2 Å². The fraction of sp³-hybridized carbons (Fsp3) is 0.0909. The van der Waals surface area contributed by atoms with Crippen molar-refractivity contribution < 1.29 is 5.11 Å². The number of hydrogen-bond donors (Lipinski definition) is 1. The number of thiophene rings is 1. The number of aliphatic hydroxyl groups is 1. The van der Waals surface area contributed by atoms with E-state index in [1.807, 2.05) is 12.1 Å². The summed E-state index contributed by atoms with van der Waals surface area (Å²) < 4.78 is 0. The summed E-state index contributed by atoms with van der Waals surface area (Å²) in [5.74, 6) is 0. The van der Waals surface area contributed by atoms with Crippen LogP contribution < -0.4 is 0 Å². The van der Waals surface area contributed by atoms with E-state index in [-0.39, 0.29) is 0 Å². The van der Waals surface area contributed by atoms with Crippen LogP contribution in [-0.4, -0.2) is 5.11 Å². The molecule has 0 aliphatic heterocycles. The second kappa shape index (κ2) is 4.54. The van der Waals surface area contributed by atoms with Gasteiger partial charge >= 0.3 is 0 Å². The average Bonchev–Trinajstić information content (AvgIpc) is 2.64. The fourth-order valence-corrected chi connectivity index (χ4v) is 2.60. The summed E-state index contributed by atoms with van der Waals surface area (Å²) in [6, 6.07) is 8.94. The van der Waals surface area contributed by atoms with Gasteiger partial charge in [-0.15, -0.1) is 11.3 Å². The molecule has 1 nitrogen and oxygen atoms in total. The molecule has 0 radical (unpaired) electrons. The van der Waals surface area contributed by atoms with Gasteiger partial charge in [0.1, 0.15) is 6.10 Å². The van der Waals surface area contributed by atoms with E-state index in [0.717, 1.165) is 10.4 Å². The topological polar surface area (TPSA) is 20.2 Å². The van der Waals surface area contributed by atoms with Crippen LogP contribution in [0.5, 0.6) is 0 Å². The maximum atomic E-state index is 10.0. The van der Waals surface area contributed by atoms with Gasteiger partial charge in [0.2, 0.25) is 0 Å². The van der Waals surface area contributed by atoms with Crippen molar-refractivity contribution in [3.05, 3.63) is 56.2 Å². The smallest absolute Gasteiger partial charge is 0.113 e. The maximum Gasteiger partial charge on any atom is 0.113 e. The molecule has 0 saturated carbocycles. The number of benzene rings is 1. The third kappa shape index (κ3) is 2.52. The zero-order valence-electron chi connectivity index (χ0n) is 7.65. The molecule has 4 heteroatoms. The van der Waals surface area contributed by atoms with Crippen LogP contribution in [0.25, 0.3) is 0 Å². The number of aliphatic hydroxyl groups excluding tert-OH is 1. The van der Waals surface area contributed by atoms with Gasteiger partial charge < -0.3 is 5.11 Å². The minimum Gasteiger partial charge on any atom is -0.383 e. The van der Waals surface area contributed by atoms with Crippen molar-refractivity contribution in [1.29, 1.82) is 0 Å². The van der Waals surface area contributed by atoms with E-state index in [1.54, 1.807) is 23.6 Å². The molecule has 0 saturated heterocycles. The fourth-order valence-electron chi connectivity index (χ4n) is 1.31. The van der Waals surface area contributed by atoms with Crippen LogP contribution in [0.3, 0.4) is 0 Å². The highest BCUT2D eigenvalue weighted by Gasteiger charge is 2.12. The van der Waals surface area contributed by atoms with Crippen LogP contribution in [-0.2, 0) is 0 Å². The van der Waals surface area contributed by atoms with Gasteiger partial charge in [-0.1, -0.05) is 35.3 Å². The molecule has 1 unspecified atom stereocenters. The molecule has 1 aromatic heterocycles. The Hall–Kier alpha value is -0.540. The highest BCUT2D eigenvalue weighted by Crippen LogP contribution is 2.30. The average molecular weight is 259 g/mol. The Morgan fingerprint density at radius 2 is 1.93 bits per heavy atom. The first kappa shape index (κ1) is 11.0. The van der Waals surface area contributed by atoms with Gasteiger partial charge in [0, 0.05) is 15.3 Å². The first-order valence-electron chi connectivity index (χ1n) is 4.34. The van der Waals surface area contributed by atoms with Crippen LogP contribution in [0.1, 0.15) is 16.5 Å². The molecule has 1 N–H and O–H groups in total. The van der Waals surface area contributed by atoms with Crippen molar-refractivity contribution in [2.45, 2.75) is 6.10 Å². The van der Waals surface area contributed by atoms with Crippen molar-refractivity contribution in [1.82, 2.24) is 0 Å². The van der Waals surface area contributed by atoms with Gasteiger partial charge in [-0.05, 0) is 23.8 Å². The largest absolute Gasteiger partial charge is 0.383 e. The summed E-state index contributed by atoms with van der Waals surface area (Å²) in [5.41, 5.74) is 0.779. The van der Waals surface area contributed by atoms with Crippen molar-refractivity contribution in [2.24, 2.45) is 0 Å². The zero-order valence-corrected chi connectivity index (χ0v) is 9.98. The Bertz CT molecular complexity index is 467. The lowest BCUT2D eigenvalue weighted by Gasteiger charge is -2.08. The highest BCUT2D eigenvalue weighted by atomic mass is 35.5. The molecule has 78 valence electrons. The standard InChI is InChI=1S/C11H8Cl2OS/c12-8-3-1-2-7(4-8)11(14)10-5-9(13)6-15-10/h1-6,11,14H. The molecule has 0 aliphatic rings. The number of rotatable bonds is 2. The minimum absolute atomic E-state index is 0.620. The van der Waals surface area contributed by atoms with Gasteiger partial charge in [0.05, 0.1) is 5.02 Å². The molecule has 0 aliphatic carbocycles. The number of halogens is 2. The number of hydrogen-bond acceptors (Lipinski definition) is 2. The van der Waals surface area contributed by atoms with E-state index in [0.29, 0.717) is 10.0 Å².